The largest absolute Gasteiger partial charge is 0.493 e. The fraction of sp³-hybridized carbons (Fsp3) is 0.278. The first-order valence-electron chi connectivity index (χ1n) is 8.47. The van der Waals surface area contributed by atoms with E-state index < -0.39 is 0 Å². The molecule has 4 rings (SSSR count). The maximum absolute atomic E-state index is 5.42. The van der Waals surface area contributed by atoms with E-state index in [1.54, 1.807) is 24.6 Å². The van der Waals surface area contributed by atoms with Gasteiger partial charge in [-0.25, -0.2) is 15.0 Å². The van der Waals surface area contributed by atoms with Crippen molar-refractivity contribution in [3.8, 4) is 16.5 Å². The highest BCUT2D eigenvalue weighted by molar-refractivity contribution is 7.13. The third-order valence-corrected chi connectivity index (χ3v) is 5.00. The van der Waals surface area contributed by atoms with Gasteiger partial charge in [-0.05, 0) is 24.3 Å². The Bertz CT molecular complexity index is 847. The summed E-state index contributed by atoms with van der Waals surface area (Å²) >= 11 is 1.55. The Balaban J connectivity index is 1.55. The molecule has 0 bridgehead atoms. The normalized spacial score (nSPS) is 14.3. The van der Waals surface area contributed by atoms with Crippen LogP contribution in [0.15, 0.2) is 42.0 Å². The van der Waals surface area contributed by atoms with E-state index in [0.717, 1.165) is 48.4 Å². The fourth-order valence-electron chi connectivity index (χ4n) is 2.86. The molecule has 2 N–H and O–H groups in total. The average Bonchev–Trinajstić information content (AvgIpc) is 3.24. The molecular weight excluding hydrogens is 348 g/mol. The lowest BCUT2D eigenvalue weighted by Crippen LogP contribution is -2.43. The molecule has 1 fully saturated rings. The zero-order chi connectivity index (χ0) is 17.8. The first kappa shape index (κ1) is 16.7. The van der Waals surface area contributed by atoms with Crippen molar-refractivity contribution >= 4 is 28.7 Å². The SMILES string of the molecule is COc1ccc(-c2nccs2)nc1Nc1ccc(N2CCNCC2)cn1. The van der Waals surface area contributed by atoms with Crippen molar-refractivity contribution in [1.82, 2.24) is 20.3 Å². The molecule has 1 aliphatic heterocycles. The summed E-state index contributed by atoms with van der Waals surface area (Å²) in [5, 5.41) is 9.42. The van der Waals surface area contributed by atoms with Crippen LogP contribution in [-0.4, -0.2) is 48.2 Å². The number of nitrogens with zero attached hydrogens (tertiary/aromatic N) is 4. The Morgan fingerprint density at radius 1 is 1.15 bits per heavy atom. The average molecular weight is 368 g/mol. The van der Waals surface area contributed by atoms with E-state index in [0.29, 0.717) is 11.6 Å². The number of ether oxygens (including phenoxy) is 1. The molecular formula is C18H20N6OS. The van der Waals surface area contributed by atoms with E-state index in [-0.39, 0.29) is 0 Å². The first-order chi connectivity index (χ1) is 12.8. The molecule has 0 unspecified atom stereocenters. The molecule has 3 aromatic heterocycles. The van der Waals surface area contributed by atoms with Crippen molar-refractivity contribution in [2.45, 2.75) is 0 Å². The number of aromatic nitrogens is 3. The molecule has 0 aliphatic carbocycles. The van der Waals surface area contributed by atoms with Crippen molar-refractivity contribution < 1.29 is 4.74 Å². The van der Waals surface area contributed by atoms with E-state index in [1.165, 1.54) is 0 Å². The Morgan fingerprint density at radius 2 is 2.04 bits per heavy atom. The standard InChI is InChI=1S/C18H20N6OS/c1-25-15-4-3-14(18-20-8-11-26-18)22-17(15)23-16-5-2-13(12-21-16)24-9-6-19-7-10-24/h2-5,8,11-12,19H,6-7,9-10H2,1H3,(H,21,22,23). The molecule has 0 saturated carbocycles. The number of anilines is 3. The number of piperazine rings is 1. The molecule has 1 saturated heterocycles. The molecule has 7 nitrogen and oxygen atoms in total. The first-order valence-corrected chi connectivity index (χ1v) is 9.35. The Labute approximate surface area is 156 Å². The highest BCUT2D eigenvalue weighted by Gasteiger charge is 2.12. The summed E-state index contributed by atoms with van der Waals surface area (Å²) in [6.07, 6.45) is 3.67. The van der Waals surface area contributed by atoms with Crippen molar-refractivity contribution in [2.75, 3.05) is 43.5 Å². The van der Waals surface area contributed by atoms with Gasteiger partial charge in [0.2, 0.25) is 0 Å². The molecule has 134 valence electrons. The van der Waals surface area contributed by atoms with Crippen LogP contribution in [0.2, 0.25) is 0 Å². The molecule has 0 atom stereocenters. The second kappa shape index (κ2) is 7.67. The van der Waals surface area contributed by atoms with E-state index in [1.807, 2.05) is 29.8 Å². The number of hydrogen-bond donors (Lipinski definition) is 2. The third kappa shape index (κ3) is 3.61. The van der Waals surface area contributed by atoms with Crippen molar-refractivity contribution in [1.29, 1.82) is 0 Å². The van der Waals surface area contributed by atoms with Gasteiger partial charge >= 0.3 is 0 Å². The van der Waals surface area contributed by atoms with E-state index >= 15 is 0 Å². The fourth-order valence-corrected chi connectivity index (χ4v) is 3.47. The lowest BCUT2D eigenvalue weighted by Gasteiger charge is -2.29. The minimum Gasteiger partial charge on any atom is -0.493 e. The molecule has 1 aliphatic rings. The summed E-state index contributed by atoms with van der Waals surface area (Å²) in [6, 6.07) is 7.84. The summed E-state index contributed by atoms with van der Waals surface area (Å²) in [5.74, 6) is 2.02. The predicted molar refractivity (Wildman–Crippen MR) is 104 cm³/mol. The predicted octanol–water partition coefficient (Wildman–Crippen LogP) is 2.76. The number of methoxy groups -OCH3 is 1. The number of hydrogen-bond acceptors (Lipinski definition) is 8. The summed E-state index contributed by atoms with van der Waals surface area (Å²) in [4.78, 5) is 15.8. The van der Waals surface area contributed by atoms with Gasteiger partial charge in [0, 0.05) is 37.8 Å². The van der Waals surface area contributed by atoms with Gasteiger partial charge in [0.05, 0.1) is 19.0 Å². The van der Waals surface area contributed by atoms with Gasteiger partial charge in [0.1, 0.15) is 16.5 Å². The van der Waals surface area contributed by atoms with Gasteiger partial charge in [-0.1, -0.05) is 0 Å². The van der Waals surface area contributed by atoms with Crippen LogP contribution in [0, 0.1) is 0 Å². The molecule has 4 heterocycles. The van der Waals surface area contributed by atoms with Crippen molar-refractivity contribution in [3.05, 3.63) is 42.0 Å². The zero-order valence-corrected chi connectivity index (χ0v) is 15.3. The van der Waals surface area contributed by atoms with E-state index in [9.17, 15) is 0 Å². The van der Waals surface area contributed by atoms with E-state index in [4.69, 9.17) is 4.74 Å². The molecule has 8 heteroatoms. The Hall–Kier alpha value is -2.71. The number of rotatable bonds is 5. The van der Waals surface area contributed by atoms with Gasteiger partial charge in [-0.3, -0.25) is 0 Å². The van der Waals surface area contributed by atoms with Crippen LogP contribution in [0.1, 0.15) is 0 Å². The lowest BCUT2D eigenvalue weighted by molar-refractivity contribution is 0.415. The van der Waals surface area contributed by atoms with Crippen LogP contribution in [0.25, 0.3) is 10.7 Å². The quantitative estimate of drug-likeness (QED) is 0.717. The Kier molecular flexibility index (Phi) is 4.94. The minimum atomic E-state index is 0.627. The van der Waals surface area contributed by atoms with Gasteiger partial charge in [0.15, 0.2) is 11.6 Å². The minimum absolute atomic E-state index is 0.627. The smallest absolute Gasteiger partial charge is 0.175 e. The van der Waals surface area contributed by atoms with Crippen LogP contribution in [-0.2, 0) is 0 Å². The number of nitrogens with one attached hydrogen (secondary N) is 2. The van der Waals surface area contributed by atoms with Crippen LogP contribution in [0.5, 0.6) is 5.75 Å². The molecule has 0 aromatic carbocycles. The molecule has 0 radical (unpaired) electrons. The maximum Gasteiger partial charge on any atom is 0.175 e. The molecule has 0 spiro atoms. The van der Waals surface area contributed by atoms with Crippen molar-refractivity contribution in [2.24, 2.45) is 0 Å². The number of thiazole rings is 1. The second-order valence-electron chi connectivity index (χ2n) is 5.85. The third-order valence-electron chi connectivity index (χ3n) is 4.21. The lowest BCUT2D eigenvalue weighted by atomic mass is 10.3. The van der Waals surface area contributed by atoms with Crippen LogP contribution in [0.3, 0.4) is 0 Å². The highest BCUT2D eigenvalue weighted by Crippen LogP contribution is 2.30. The zero-order valence-electron chi connectivity index (χ0n) is 14.5. The van der Waals surface area contributed by atoms with Crippen LogP contribution >= 0.6 is 11.3 Å². The topological polar surface area (TPSA) is 75.2 Å². The summed E-state index contributed by atoms with van der Waals surface area (Å²) in [7, 11) is 1.63. The summed E-state index contributed by atoms with van der Waals surface area (Å²) in [5.41, 5.74) is 1.94. The monoisotopic (exact) mass is 368 g/mol. The molecule has 26 heavy (non-hydrogen) atoms. The second-order valence-corrected chi connectivity index (χ2v) is 6.74. The van der Waals surface area contributed by atoms with Crippen LogP contribution < -0.4 is 20.3 Å². The number of pyridine rings is 2. The summed E-state index contributed by atoms with van der Waals surface area (Å²) < 4.78 is 5.42. The Morgan fingerprint density at radius 3 is 2.73 bits per heavy atom. The molecule has 3 aromatic rings. The van der Waals surface area contributed by atoms with Gasteiger partial charge < -0.3 is 20.3 Å². The van der Waals surface area contributed by atoms with Gasteiger partial charge in [-0.2, -0.15) is 0 Å². The maximum atomic E-state index is 5.42. The highest BCUT2D eigenvalue weighted by atomic mass is 32.1. The molecule has 0 amide bonds. The van der Waals surface area contributed by atoms with E-state index in [2.05, 4.69) is 36.6 Å². The van der Waals surface area contributed by atoms with Crippen molar-refractivity contribution in [3.63, 3.8) is 0 Å². The summed E-state index contributed by atoms with van der Waals surface area (Å²) in [6.45, 7) is 4.01. The van der Waals surface area contributed by atoms with Crippen LogP contribution in [0.4, 0.5) is 17.3 Å². The van der Waals surface area contributed by atoms with Gasteiger partial charge in [0.25, 0.3) is 0 Å². The van der Waals surface area contributed by atoms with Gasteiger partial charge in [-0.15, -0.1) is 11.3 Å².